The summed E-state index contributed by atoms with van der Waals surface area (Å²) in [6, 6.07) is 7.79. The van der Waals surface area contributed by atoms with E-state index in [9.17, 15) is 4.79 Å². The van der Waals surface area contributed by atoms with E-state index in [0.29, 0.717) is 0 Å². The monoisotopic (exact) mass is 232 g/mol. The van der Waals surface area contributed by atoms with Gasteiger partial charge in [-0.05, 0) is 23.6 Å². The topological polar surface area (TPSA) is 35.5 Å². The number of benzene rings is 1. The lowest BCUT2D eigenvalue weighted by Gasteiger charge is -2.02. The van der Waals surface area contributed by atoms with Crippen molar-refractivity contribution in [3.63, 3.8) is 0 Å². The Labute approximate surface area is 101 Å². The predicted molar refractivity (Wildman–Crippen MR) is 64.9 cm³/mol. The highest BCUT2D eigenvalue weighted by molar-refractivity contribution is 5.78. The van der Waals surface area contributed by atoms with Crippen molar-refractivity contribution in [1.82, 2.24) is 0 Å². The van der Waals surface area contributed by atoms with E-state index in [-0.39, 0.29) is 23.7 Å². The maximum atomic E-state index is 11.6. The molecule has 0 bridgehead atoms. The summed E-state index contributed by atoms with van der Waals surface area (Å²) in [5, 5.41) is 0. The van der Waals surface area contributed by atoms with Gasteiger partial charge in [0.05, 0.1) is 20.1 Å². The van der Waals surface area contributed by atoms with E-state index in [1.165, 1.54) is 7.11 Å². The molecule has 90 valence electrons. The van der Waals surface area contributed by atoms with Gasteiger partial charge in [0.15, 0.2) is 0 Å². The van der Waals surface area contributed by atoms with Crippen molar-refractivity contribution in [1.29, 1.82) is 0 Å². The quantitative estimate of drug-likeness (QED) is 0.590. The third-order valence-corrected chi connectivity index (χ3v) is 3.32. The van der Waals surface area contributed by atoms with Crippen molar-refractivity contribution >= 4 is 5.97 Å². The molecule has 0 radical (unpaired) electrons. The van der Waals surface area contributed by atoms with Gasteiger partial charge in [-0.15, -0.1) is 6.58 Å². The first-order valence-corrected chi connectivity index (χ1v) is 5.57. The van der Waals surface area contributed by atoms with Crippen LogP contribution in [0, 0.1) is 11.8 Å². The summed E-state index contributed by atoms with van der Waals surface area (Å²) in [7, 11) is 3.06. The van der Waals surface area contributed by atoms with Crippen LogP contribution in [0.5, 0.6) is 5.75 Å². The normalized spacial score (nSPS) is 26.1. The van der Waals surface area contributed by atoms with E-state index < -0.39 is 0 Å². The van der Waals surface area contributed by atoms with Crippen molar-refractivity contribution in [2.24, 2.45) is 11.8 Å². The Morgan fingerprint density at radius 1 is 1.29 bits per heavy atom. The molecule has 1 aromatic rings. The van der Waals surface area contributed by atoms with E-state index in [2.05, 4.69) is 6.58 Å². The molecule has 1 fully saturated rings. The van der Waals surface area contributed by atoms with Crippen molar-refractivity contribution in [3.05, 3.63) is 42.5 Å². The minimum atomic E-state index is -0.157. The summed E-state index contributed by atoms with van der Waals surface area (Å²) in [4.78, 5) is 11.6. The van der Waals surface area contributed by atoms with Gasteiger partial charge in [0.25, 0.3) is 0 Å². The molecular formula is C14H16O3. The fourth-order valence-electron chi connectivity index (χ4n) is 2.32. The second-order valence-electron chi connectivity index (χ2n) is 4.16. The Hall–Kier alpha value is -1.77. The van der Waals surface area contributed by atoms with Gasteiger partial charge in [-0.2, -0.15) is 0 Å². The SMILES string of the molecule is C=CC1C(C(=O)OC)C1c1ccc(OC)cc1. The first-order valence-electron chi connectivity index (χ1n) is 5.57. The molecule has 0 heterocycles. The highest BCUT2D eigenvalue weighted by Crippen LogP contribution is 2.55. The number of methoxy groups -OCH3 is 2. The van der Waals surface area contributed by atoms with Crippen molar-refractivity contribution in [2.75, 3.05) is 14.2 Å². The van der Waals surface area contributed by atoms with Crippen LogP contribution in [0.15, 0.2) is 36.9 Å². The molecular weight excluding hydrogens is 216 g/mol. The fraction of sp³-hybridized carbons (Fsp3) is 0.357. The molecule has 2 rings (SSSR count). The van der Waals surface area contributed by atoms with Crippen LogP contribution in [0.4, 0.5) is 0 Å². The molecule has 3 atom stereocenters. The second-order valence-corrected chi connectivity index (χ2v) is 4.16. The van der Waals surface area contributed by atoms with Gasteiger partial charge >= 0.3 is 5.97 Å². The number of hydrogen-bond acceptors (Lipinski definition) is 3. The third-order valence-electron chi connectivity index (χ3n) is 3.32. The third kappa shape index (κ3) is 2.05. The summed E-state index contributed by atoms with van der Waals surface area (Å²) in [6.45, 7) is 3.77. The number of hydrogen-bond donors (Lipinski definition) is 0. The Bertz CT molecular complexity index is 422. The van der Waals surface area contributed by atoms with Gasteiger partial charge in [0.2, 0.25) is 0 Å². The van der Waals surface area contributed by atoms with Crippen LogP contribution in [0.25, 0.3) is 0 Å². The molecule has 1 saturated carbocycles. The lowest BCUT2D eigenvalue weighted by Crippen LogP contribution is -2.04. The summed E-state index contributed by atoms with van der Waals surface area (Å²) in [5.41, 5.74) is 1.13. The Balaban J connectivity index is 2.17. The van der Waals surface area contributed by atoms with E-state index in [0.717, 1.165) is 11.3 Å². The molecule has 0 N–H and O–H groups in total. The number of rotatable bonds is 4. The molecule has 17 heavy (non-hydrogen) atoms. The predicted octanol–water partition coefficient (Wildman–Crippen LogP) is 2.38. The van der Waals surface area contributed by atoms with Gasteiger partial charge in [-0.25, -0.2) is 0 Å². The maximum Gasteiger partial charge on any atom is 0.309 e. The first kappa shape index (κ1) is 11.7. The minimum Gasteiger partial charge on any atom is -0.497 e. The molecule has 1 aromatic carbocycles. The van der Waals surface area contributed by atoms with Crippen LogP contribution in [0.3, 0.4) is 0 Å². The summed E-state index contributed by atoms with van der Waals surface area (Å²) in [6.07, 6.45) is 1.83. The zero-order valence-electron chi connectivity index (χ0n) is 10.1. The van der Waals surface area contributed by atoms with Gasteiger partial charge in [0, 0.05) is 5.92 Å². The Kier molecular flexibility index (Phi) is 3.18. The minimum absolute atomic E-state index is 0.0779. The molecule has 0 spiro atoms. The molecule has 0 aromatic heterocycles. The Morgan fingerprint density at radius 3 is 2.41 bits per heavy atom. The standard InChI is InChI=1S/C14H16O3/c1-4-11-12(13(11)14(15)17-3)9-5-7-10(16-2)8-6-9/h4-8,11-13H,1H2,2-3H3. The van der Waals surface area contributed by atoms with Gasteiger partial charge in [0.1, 0.15) is 5.75 Å². The number of esters is 1. The van der Waals surface area contributed by atoms with E-state index in [4.69, 9.17) is 9.47 Å². The highest BCUT2D eigenvalue weighted by Gasteiger charge is 2.54. The summed E-state index contributed by atoms with van der Waals surface area (Å²) < 4.78 is 9.90. The number of allylic oxidation sites excluding steroid dienone is 1. The van der Waals surface area contributed by atoms with Gasteiger partial charge in [-0.3, -0.25) is 4.79 Å². The first-order chi connectivity index (χ1) is 8.22. The van der Waals surface area contributed by atoms with Crippen LogP contribution in [-0.2, 0) is 9.53 Å². The van der Waals surface area contributed by atoms with Crippen molar-refractivity contribution < 1.29 is 14.3 Å². The summed E-state index contributed by atoms with van der Waals surface area (Å²) >= 11 is 0. The van der Waals surface area contributed by atoms with Crippen LogP contribution in [-0.4, -0.2) is 20.2 Å². The van der Waals surface area contributed by atoms with Gasteiger partial charge < -0.3 is 9.47 Å². The maximum absolute atomic E-state index is 11.6. The average molecular weight is 232 g/mol. The van der Waals surface area contributed by atoms with Crippen LogP contribution >= 0.6 is 0 Å². The molecule has 0 saturated heterocycles. The molecule has 3 nitrogen and oxygen atoms in total. The molecule has 1 aliphatic rings. The smallest absolute Gasteiger partial charge is 0.309 e. The summed E-state index contributed by atoms with van der Waals surface area (Å²) in [5.74, 6) is 0.975. The van der Waals surface area contributed by atoms with Gasteiger partial charge in [-0.1, -0.05) is 18.2 Å². The largest absolute Gasteiger partial charge is 0.497 e. The lowest BCUT2D eigenvalue weighted by molar-refractivity contribution is -0.142. The molecule has 1 aliphatic carbocycles. The number of carbonyl (C=O) groups excluding carboxylic acids is 1. The van der Waals surface area contributed by atoms with E-state index in [1.54, 1.807) is 7.11 Å². The molecule has 3 unspecified atom stereocenters. The average Bonchev–Trinajstić information content (AvgIpc) is 3.12. The molecule has 0 amide bonds. The highest BCUT2D eigenvalue weighted by atomic mass is 16.5. The van der Waals surface area contributed by atoms with Crippen LogP contribution in [0.1, 0.15) is 11.5 Å². The fourth-order valence-corrected chi connectivity index (χ4v) is 2.32. The Morgan fingerprint density at radius 2 is 1.94 bits per heavy atom. The molecule has 0 aliphatic heterocycles. The lowest BCUT2D eigenvalue weighted by atomic mass is 10.1. The second kappa shape index (κ2) is 4.62. The molecule has 3 heteroatoms. The van der Waals surface area contributed by atoms with Crippen LogP contribution < -0.4 is 4.74 Å². The van der Waals surface area contributed by atoms with Crippen molar-refractivity contribution in [2.45, 2.75) is 5.92 Å². The number of carbonyl (C=O) groups is 1. The van der Waals surface area contributed by atoms with Crippen molar-refractivity contribution in [3.8, 4) is 5.75 Å². The zero-order valence-corrected chi connectivity index (χ0v) is 10.1. The van der Waals surface area contributed by atoms with Crippen LogP contribution in [0.2, 0.25) is 0 Å². The van der Waals surface area contributed by atoms with E-state index >= 15 is 0 Å². The van der Waals surface area contributed by atoms with E-state index in [1.807, 2.05) is 30.3 Å². The zero-order chi connectivity index (χ0) is 12.4. The number of ether oxygens (including phenoxy) is 2.